The van der Waals surface area contributed by atoms with Crippen molar-refractivity contribution in [2.45, 2.75) is 26.7 Å². The Bertz CT molecular complexity index is 540. The zero-order valence-electron chi connectivity index (χ0n) is 10.4. The van der Waals surface area contributed by atoms with E-state index in [1.807, 2.05) is 19.9 Å². The largest absolute Gasteiger partial charge is 0.326 e. The summed E-state index contributed by atoms with van der Waals surface area (Å²) >= 11 is 0. The number of hydrogen-bond donors (Lipinski definition) is 1. The van der Waals surface area contributed by atoms with Crippen molar-refractivity contribution in [3.8, 4) is 6.07 Å². The fourth-order valence-electron chi connectivity index (χ4n) is 2.06. The summed E-state index contributed by atoms with van der Waals surface area (Å²) in [6, 6.07) is 3.68. The van der Waals surface area contributed by atoms with Gasteiger partial charge in [0.05, 0.1) is 0 Å². The Balaban J connectivity index is 2.34. The number of anilines is 1. The minimum Gasteiger partial charge on any atom is -0.326 e. The number of aromatic nitrogens is 2. The summed E-state index contributed by atoms with van der Waals surface area (Å²) in [5.41, 5.74) is 0.667. The van der Waals surface area contributed by atoms with Crippen LogP contribution in [0.2, 0.25) is 0 Å². The van der Waals surface area contributed by atoms with Crippen LogP contribution in [0, 0.1) is 16.7 Å². The highest BCUT2D eigenvalue weighted by molar-refractivity contribution is 6.01. The number of nitrogens with zero attached hydrogens (tertiary/aromatic N) is 3. The lowest BCUT2D eigenvalue weighted by molar-refractivity contribution is -0.117. The lowest BCUT2D eigenvalue weighted by atomic mass is 9.76. The Kier molecular flexibility index (Phi) is 3.11. The van der Waals surface area contributed by atoms with Crippen LogP contribution in [0.15, 0.2) is 29.7 Å². The molecule has 0 radical (unpaired) electrons. The first kappa shape index (κ1) is 12.2. The van der Waals surface area contributed by atoms with Crippen LogP contribution in [0.3, 0.4) is 0 Å². The molecule has 0 atom stereocenters. The predicted octanol–water partition coefficient (Wildman–Crippen LogP) is 2.06. The van der Waals surface area contributed by atoms with Crippen molar-refractivity contribution >= 4 is 11.7 Å². The number of ketones is 1. The smallest absolute Gasteiger partial charge is 0.226 e. The number of Topliss-reactive ketones (excluding diaryl/α,β-unsaturated/α-hetero) is 1. The first-order valence-electron chi connectivity index (χ1n) is 5.72. The zero-order chi connectivity index (χ0) is 13.2. The van der Waals surface area contributed by atoms with E-state index in [0.29, 0.717) is 24.5 Å². The molecular weight excluding hydrogens is 228 g/mol. The van der Waals surface area contributed by atoms with Crippen molar-refractivity contribution in [1.29, 1.82) is 5.26 Å². The van der Waals surface area contributed by atoms with Crippen molar-refractivity contribution in [1.82, 2.24) is 9.97 Å². The van der Waals surface area contributed by atoms with E-state index in [2.05, 4.69) is 15.3 Å². The first-order chi connectivity index (χ1) is 8.52. The number of hydrogen-bond acceptors (Lipinski definition) is 5. The van der Waals surface area contributed by atoms with Gasteiger partial charge in [-0.3, -0.25) is 4.79 Å². The number of nitriles is 1. The molecule has 18 heavy (non-hydrogen) atoms. The lowest BCUT2D eigenvalue weighted by Crippen LogP contribution is -2.28. The maximum Gasteiger partial charge on any atom is 0.226 e. The third-order valence-electron chi connectivity index (χ3n) is 2.82. The standard InChI is InChI=1S/C13H14N4O/c1-13(2)6-10(9(8-14)11(18)7-13)17-12-15-4-3-5-16-12/h3-5H,6-7H2,1-2H3,(H,15,16,17). The van der Waals surface area contributed by atoms with Crippen LogP contribution in [0.1, 0.15) is 26.7 Å². The molecule has 0 unspecified atom stereocenters. The summed E-state index contributed by atoms with van der Waals surface area (Å²) in [5, 5.41) is 12.1. The predicted molar refractivity (Wildman–Crippen MR) is 66.3 cm³/mol. The van der Waals surface area contributed by atoms with Gasteiger partial charge in [0, 0.05) is 24.5 Å². The van der Waals surface area contributed by atoms with E-state index in [1.54, 1.807) is 18.5 Å². The molecule has 0 saturated heterocycles. The topological polar surface area (TPSA) is 78.7 Å². The van der Waals surface area contributed by atoms with Crippen LogP contribution in [0.25, 0.3) is 0 Å². The van der Waals surface area contributed by atoms with Crippen LogP contribution >= 0.6 is 0 Å². The Morgan fingerprint density at radius 3 is 2.61 bits per heavy atom. The summed E-state index contributed by atoms with van der Waals surface area (Å²) in [6.07, 6.45) is 4.26. The van der Waals surface area contributed by atoms with E-state index >= 15 is 0 Å². The van der Waals surface area contributed by atoms with Crippen LogP contribution in [-0.2, 0) is 4.79 Å². The molecule has 0 bridgehead atoms. The van der Waals surface area contributed by atoms with Gasteiger partial charge >= 0.3 is 0 Å². The minimum absolute atomic E-state index is 0.118. The molecule has 0 aromatic carbocycles. The van der Waals surface area contributed by atoms with E-state index in [1.165, 1.54) is 0 Å². The number of carbonyl (C=O) groups is 1. The van der Waals surface area contributed by atoms with E-state index < -0.39 is 0 Å². The Hall–Kier alpha value is -2.22. The number of nitrogens with one attached hydrogen (secondary N) is 1. The molecule has 0 fully saturated rings. The van der Waals surface area contributed by atoms with Crippen molar-refractivity contribution < 1.29 is 4.79 Å². The normalized spacial score (nSPS) is 18.4. The number of rotatable bonds is 2. The van der Waals surface area contributed by atoms with Gasteiger partial charge in [0.15, 0.2) is 5.78 Å². The van der Waals surface area contributed by atoms with Crippen molar-refractivity contribution in [3.05, 3.63) is 29.7 Å². The van der Waals surface area contributed by atoms with Gasteiger partial charge in [0.25, 0.3) is 0 Å². The average Bonchev–Trinajstić information content (AvgIpc) is 2.28. The molecule has 0 amide bonds. The first-order valence-corrected chi connectivity index (χ1v) is 5.72. The molecule has 1 aliphatic rings. The second kappa shape index (κ2) is 4.57. The second-order valence-corrected chi connectivity index (χ2v) is 5.10. The van der Waals surface area contributed by atoms with E-state index in [4.69, 9.17) is 5.26 Å². The molecule has 0 saturated carbocycles. The quantitative estimate of drug-likeness (QED) is 0.858. The average molecular weight is 242 g/mol. The molecule has 5 nitrogen and oxygen atoms in total. The molecule has 92 valence electrons. The molecule has 5 heteroatoms. The summed E-state index contributed by atoms with van der Waals surface area (Å²) in [4.78, 5) is 20.0. The SMILES string of the molecule is CC1(C)CC(=O)C(C#N)=C(Nc2ncccn2)C1. The Morgan fingerprint density at radius 2 is 2.00 bits per heavy atom. The maximum absolute atomic E-state index is 11.9. The van der Waals surface area contributed by atoms with Crippen LogP contribution in [0.5, 0.6) is 0 Å². The molecule has 2 rings (SSSR count). The summed E-state index contributed by atoms with van der Waals surface area (Å²) in [7, 11) is 0. The van der Waals surface area contributed by atoms with E-state index in [-0.39, 0.29) is 16.8 Å². The van der Waals surface area contributed by atoms with E-state index in [0.717, 1.165) is 0 Å². The fraction of sp³-hybridized carbons (Fsp3) is 0.385. The molecule has 0 spiro atoms. The summed E-state index contributed by atoms with van der Waals surface area (Å²) in [5.74, 6) is 0.290. The summed E-state index contributed by atoms with van der Waals surface area (Å²) in [6.45, 7) is 4.01. The van der Waals surface area contributed by atoms with Gasteiger partial charge in [0.2, 0.25) is 5.95 Å². The lowest BCUT2D eigenvalue weighted by Gasteiger charge is -2.30. The molecule has 1 aliphatic carbocycles. The van der Waals surface area contributed by atoms with Crippen LogP contribution < -0.4 is 5.32 Å². The molecule has 1 aromatic rings. The fourth-order valence-corrected chi connectivity index (χ4v) is 2.06. The van der Waals surface area contributed by atoms with Gasteiger partial charge < -0.3 is 5.32 Å². The van der Waals surface area contributed by atoms with Crippen LogP contribution in [-0.4, -0.2) is 15.8 Å². The van der Waals surface area contributed by atoms with Gasteiger partial charge in [0.1, 0.15) is 11.6 Å². The third-order valence-corrected chi connectivity index (χ3v) is 2.82. The minimum atomic E-state index is -0.144. The highest BCUT2D eigenvalue weighted by Crippen LogP contribution is 2.36. The van der Waals surface area contributed by atoms with Gasteiger partial charge in [-0.1, -0.05) is 13.8 Å². The van der Waals surface area contributed by atoms with Crippen molar-refractivity contribution in [2.75, 3.05) is 5.32 Å². The third kappa shape index (κ3) is 2.54. The van der Waals surface area contributed by atoms with Gasteiger partial charge in [-0.15, -0.1) is 0 Å². The van der Waals surface area contributed by atoms with Gasteiger partial charge in [-0.2, -0.15) is 5.26 Å². The van der Waals surface area contributed by atoms with E-state index in [9.17, 15) is 4.79 Å². The molecule has 1 aromatic heterocycles. The van der Waals surface area contributed by atoms with Crippen LogP contribution in [0.4, 0.5) is 5.95 Å². The molecule has 0 aliphatic heterocycles. The molecule has 1 heterocycles. The maximum atomic E-state index is 11.9. The molecular formula is C13H14N4O. The summed E-state index contributed by atoms with van der Waals surface area (Å²) < 4.78 is 0. The Labute approximate surface area is 106 Å². The van der Waals surface area contributed by atoms with Crippen molar-refractivity contribution in [2.24, 2.45) is 5.41 Å². The van der Waals surface area contributed by atoms with Gasteiger partial charge in [-0.05, 0) is 17.9 Å². The number of carbonyl (C=O) groups excluding carboxylic acids is 1. The number of allylic oxidation sites excluding steroid dienone is 2. The Morgan fingerprint density at radius 1 is 1.33 bits per heavy atom. The van der Waals surface area contributed by atoms with Gasteiger partial charge in [-0.25, -0.2) is 9.97 Å². The molecule has 1 N–H and O–H groups in total. The van der Waals surface area contributed by atoms with Crippen molar-refractivity contribution in [3.63, 3.8) is 0 Å². The highest BCUT2D eigenvalue weighted by atomic mass is 16.1. The second-order valence-electron chi connectivity index (χ2n) is 5.10. The zero-order valence-corrected chi connectivity index (χ0v) is 10.4. The highest BCUT2D eigenvalue weighted by Gasteiger charge is 2.33. The monoisotopic (exact) mass is 242 g/mol.